The fourth-order valence-corrected chi connectivity index (χ4v) is 41.9. The predicted octanol–water partition coefficient (Wildman–Crippen LogP) is -2.34. The second-order valence-corrected chi connectivity index (χ2v) is 37.8. The smallest absolute Gasteiger partial charge is 0.178 e. The van der Waals surface area contributed by atoms with Crippen molar-refractivity contribution in [1.29, 1.82) is 0 Å². The summed E-state index contributed by atoms with van der Waals surface area (Å²) >= 11 is 0. The Bertz CT molecular complexity index is 83.8. The minimum atomic E-state index is -3.61. The highest BCUT2D eigenvalue weighted by atomic mass is 30.1. The minimum Gasteiger partial charge on any atom is -0.178 e. The predicted molar refractivity (Wildman–Crippen MR) is 38.8 cm³/mol. The van der Waals surface area contributed by atoms with Gasteiger partial charge in [0.25, 0.3) is 0 Å². The fraction of sp³-hybridized carbons (Fsp3) is 1.00. The minimum absolute atomic E-state index is 0.0972. The van der Waals surface area contributed by atoms with Crippen LogP contribution in [0.1, 0.15) is 0 Å². The van der Waals surface area contributed by atoms with Gasteiger partial charge in [-0.2, -0.15) is 13.2 Å². The highest BCUT2D eigenvalue weighted by Gasteiger charge is 2.44. The summed E-state index contributed by atoms with van der Waals surface area (Å²) in [5.74, 6) is -3.61. The van der Waals surface area contributed by atoms with Crippen molar-refractivity contribution in [3.63, 3.8) is 0 Å². The molecule has 0 aromatic carbocycles. The lowest BCUT2D eigenvalue weighted by Gasteiger charge is -2.24. The molecule has 0 bridgehead atoms. The lowest BCUT2D eigenvalue weighted by Crippen LogP contribution is -2.60. The second kappa shape index (κ2) is 2.12. The average Bonchev–Trinajstić information content (AvgIpc) is 1.16. The highest BCUT2D eigenvalue weighted by Crippen LogP contribution is 2.19. The van der Waals surface area contributed by atoms with Crippen LogP contribution in [0.2, 0.25) is 0 Å². The van der Waals surface area contributed by atoms with E-state index >= 15 is 0 Å². The number of halogens is 3. The van der Waals surface area contributed by atoms with Crippen LogP contribution in [0.25, 0.3) is 0 Å². The molecule has 0 aromatic heterocycles. The van der Waals surface area contributed by atoms with Gasteiger partial charge < -0.3 is 0 Å². The maximum absolute atomic E-state index is 11.7. The number of hydrogen-bond donors (Lipinski definition) is 0. The Hall–Kier alpha value is 0.658. The molecule has 8 heavy (non-hydrogen) atoms. The second-order valence-electron chi connectivity index (χ2n) is 2.17. The summed E-state index contributed by atoms with van der Waals surface area (Å²) in [6, 6.07) is 0. The maximum atomic E-state index is 11.7. The van der Waals surface area contributed by atoms with E-state index in [1.807, 2.05) is 0 Å². The third-order valence-electron chi connectivity index (χ3n) is 1.57. The van der Waals surface area contributed by atoms with Crippen LogP contribution in [0.5, 0.6) is 0 Å². The van der Waals surface area contributed by atoms with Crippen LogP contribution in [-0.4, -0.2) is 39.3 Å². The molecule has 1 heterocycles. The zero-order chi connectivity index (χ0) is 6.20. The molecule has 0 aromatic rings. The molecule has 48 valence electrons. The molecule has 0 atom stereocenters. The molecule has 7 heteroatoms. The molecule has 0 saturated carbocycles. The van der Waals surface area contributed by atoms with Gasteiger partial charge in [0.05, 0.1) is 0 Å². The Morgan fingerprint density at radius 2 is 1.62 bits per heavy atom. The molecule has 1 fully saturated rings. The summed E-state index contributed by atoms with van der Waals surface area (Å²) < 4.78 is 35.0. The van der Waals surface area contributed by atoms with Gasteiger partial charge in [-0.15, -0.1) is 0 Å². The molecule has 0 spiro atoms. The third kappa shape index (κ3) is 1.33. The van der Waals surface area contributed by atoms with Gasteiger partial charge in [0, 0.05) is 17.1 Å². The van der Waals surface area contributed by atoms with Gasteiger partial charge >= 0.3 is 5.80 Å². The molecule has 1 rings (SSSR count). The van der Waals surface area contributed by atoms with Crippen molar-refractivity contribution in [2.45, 2.75) is 5.80 Å². The monoisotopic (exact) mass is 188 g/mol. The first-order valence-electron chi connectivity index (χ1n) is 2.67. The van der Waals surface area contributed by atoms with Crippen LogP contribution in [0, 0.1) is 0 Å². The number of rotatable bonds is 0. The van der Waals surface area contributed by atoms with Crippen LogP contribution < -0.4 is 0 Å². The summed E-state index contributed by atoms with van der Waals surface area (Å²) in [4.78, 5) is 0. The summed E-state index contributed by atoms with van der Waals surface area (Å²) in [6.45, 7) is 0. The van der Waals surface area contributed by atoms with Crippen molar-refractivity contribution < 1.29 is 13.2 Å². The zero-order valence-electron chi connectivity index (χ0n) is 4.33. The van der Waals surface area contributed by atoms with Crippen LogP contribution in [0.4, 0.5) is 13.2 Å². The van der Waals surface area contributed by atoms with E-state index in [-0.39, 0.29) is 25.7 Å². The van der Waals surface area contributed by atoms with Crippen molar-refractivity contribution in [1.82, 2.24) is 0 Å². The Balaban J connectivity index is 2.34. The molecular weight excluding hydrogens is 181 g/mol. The fourth-order valence-electron chi connectivity index (χ4n) is 0.736. The van der Waals surface area contributed by atoms with E-state index < -0.39 is 13.6 Å². The third-order valence-corrected chi connectivity index (χ3v) is 78.1. The Kier molecular flexibility index (Phi) is 1.79. The Labute approximate surface area is 53.1 Å². The largest absolute Gasteiger partial charge is 0.352 e. The molecule has 0 N–H and O–H groups in total. The molecular formula is CH7F3Si4. The zero-order valence-corrected chi connectivity index (χ0v) is 9.73. The first-order valence-corrected chi connectivity index (χ1v) is 17.8. The van der Waals surface area contributed by atoms with Gasteiger partial charge in [0.15, 0.2) is 0 Å². The SMILES string of the molecule is FC(F)(F)[SiH]1[SiH2][SiH2][SiH2]1. The Morgan fingerprint density at radius 3 is 1.62 bits per heavy atom. The number of alkyl halides is 3. The van der Waals surface area contributed by atoms with Gasteiger partial charge in [-0.05, 0) is 8.55 Å². The standard InChI is InChI=1S/CH7F3Si4/c2-1(3,4)8-6-5-7-8/h8H,5-7H2. The lowest BCUT2D eigenvalue weighted by atomic mass is 11.5. The average molecular weight is 188 g/mol. The molecule has 0 aliphatic carbocycles. The van der Waals surface area contributed by atoms with Crippen molar-refractivity contribution in [3.8, 4) is 0 Å². The lowest BCUT2D eigenvalue weighted by molar-refractivity contribution is -0.0464. The van der Waals surface area contributed by atoms with E-state index in [1.165, 1.54) is 0 Å². The van der Waals surface area contributed by atoms with E-state index in [1.54, 1.807) is 0 Å². The molecule has 0 radical (unpaired) electrons. The van der Waals surface area contributed by atoms with Crippen molar-refractivity contribution in [2.75, 3.05) is 0 Å². The first-order chi connectivity index (χ1) is 3.61. The molecule has 1 saturated heterocycles. The van der Waals surface area contributed by atoms with Crippen LogP contribution >= 0.6 is 0 Å². The van der Waals surface area contributed by atoms with E-state index in [4.69, 9.17) is 0 Å². The van der Waals surface area contributed by atoms with Crippen LogP contribution in [-0.2, 0) is 0 Å². The van der Waals surface area contributed by atoms with Crippen molar-refractivity contribution in [2.24, 2.45) is 0 Å². The summed E-state index contributed by atoms with van der Waals surface area (Å²) in [6.07, 6.45) is 0. The van der Waals surface area contributed by atoms with Crippen LogP contribution in [0.15, 0.2) is 0 Å². The Morgan fingerprint density at radius 1 is 1.12 bits per heavy atom. The topological polar surface area (TPSA) is 0 Å². The van der Waals surface area contributed by atoms with E-state index in [0.717, 1.165) is 0 Å². The van der Waals surface area contributed by atoms with Gasteiger partial charge in [-0.3, -0.25) is 0 Å². The quantitative estimate of drug-likeness (QED) is 0.374. The van der Waals surface area contributed by atoms with Gasteiger partial charge in [0.2, 0.25) is 0 Å². The van der Waals surface area contributed by atoms with Crippen LogP contribution in [0.3, 0.4) is 0 Å². The molecule has 0 nitrogen and oxygen atoms in total. The van der Waals surface area contributed by atoms with E-state index in [2.05, 4.69) is 0 Å². The van der Waals surface area contributed by atoms with Crippen molar-refractivity contribution >= 4 is 33.5 Å². The van der Waals surface area contributed by atoms with Gasteiger partial charge in [-0.1, -0.05) is 0 Å². The summed E-state index contributed by atoms with van der Waals surface area (Å²) in [7, 11) is -2.49. The van der Waals surface area contributed by atoms with Gasteiger partial charge in [0.1, 0.15) is 7.83 Å². The van der Waals surface area contributed by atoms with E-state index in [0.29, 0.717) is 0 Å². The molecule has 1 aliphatic rings. The van der Waals surface area contributed by atoms with E-state index in [9.17, 15) is 13.2 Å². The van der Waals surface area contributed by atoms with Gasteiger partial charge in [-0.25, -0.2) is 0 Å². The normalized spacial score (nSPS) is 38.6. The molecule has 0 amide bonds. The number of hydrogen-bond acceptors (Lipinski definition) is 0. The van der Waals surface area contributed by atoms with Crippen molar-refractivity contribution in [3.05, 3.63) is 0 Å². The maximum Gasteiger partial charge on any atom is 0.352 e. The summed E-state index contributed by atoms with van der Waals surface area (Å²) in [5, 5.41) is 0. The summed E-state index contributed by atoms with van der Waals surface area (Å²) in [5.41, 5.74) is 0. The molecule has 1 aliphatic heterocycles. The highest BCUT2D eigenvalue weighted by molar-refractivity contribution is 7.81. The first kappa shape index (κ1) is 6.77. The molecule has 0 unspecified atom stereocenters.